The Morgan fingerprint density at radius 3 is 2.58 bits per heavy atom. The fourth-order valence-electron chi connectivity index (χ4n) is 2.53. The molecule has 1 aromatic carbocycles. The van der Waals surface area contributed by atoms with E-state index < -0.39 is 0 Å². The Labute approximate surface area is 170 Å². The van der Waals surface area contributed by atoms with E-state index in [-0.39, 0.29) is 29.4 Å². The van der Waals surface area contributed by atoms with E-state index in [2.05, 4.69) is 64.6 Å². The minimum Gasteiger partial charge on any atom is -0.443 e. The fourth-order valence-corrected chi connectivity index (χ4v) is 2.53. The van der Waals surface area contributed by atoms with E-state index in [1.54, 1.807) is 13.2 Å². The third kappa shape index (κ3) is 5.00. The molecule has 3 rings (SSSR count). The Morgan fingerprint density at radius 1 is 1.19 bits per heavy atom. The van der Waals surface area contributed by atoms with Crippen molar-refractivity contribution < 1.29 is 4.42 Å². The molecule has 0 bridgehead atoms. The lowest BCUT2D eigenvalue weighted by Crippen LogP contribution is -2.36. The summed E-state index contributed by atoms with van der Waals surface area (Å²) in [6.45, 7) is 7.46. The fraction of sp³-hybridized carbons (Fsp3) is 0.368. The molecule has 3 N–H and O–H groups in total. The molecule has 0 spiro atoms. The van der Waals surface area contributed by atoms with Crippen LogP contribution in [0.25, 0.3) is 10.9 Å². The maximum atomic E-state index is 5.78. The SMILES string of the molecule is CN=C(NCc1cc2ccccc2[nH]1)NCc1ncc(C(C)(C)C)o1.I. The van der Waals surface area contributed by atoms with Crippen LogP contribution in [-0.4, -0.2) is 23.0 Å². The number of nitrogens with zero attached hydrogens (tertiary/aromatic N) is 2. The summed E-state index contributed by atoms with van der Waals surface area (Å²) in [4.78, 5) is 11.9. The van der Waals surface area contributed by atoms with Gasteiger partial charge in [-0.25, -0.2) is 4.98 Å². The van der Waals surface area contributed by atoms with E-state index in [1.807, 2.05) is 12.1 Å². The number of para-hydroxylation sites is 1. The van der Waals surface area contributed by atoms with Crippen LogP contribution < -0.4 is 10.6 Å². The van der Waals surface area contributed by atoms with Gasteiger partial charge in [0, 0.05) is 23.7 Å². The number of fused-ring (bicyclic) bond motifs is 1. The first-order valence-corrected chi connectivity index (χ1v) is 8.42. The molecular formula is C19H26IN5O. The normalized spacial score (nSPS) is 12.1. The summed E-state index contributed by atoms with van der Waals surface area (Å²) in [5.41, 5.74) is 2.20. The van der Waals surface area contributed by atoms with Crippen LogP contribution in [0.3, 0.4) is 0 Å². The molecule has 26 heavy (non-hydrogen) atoms. The third-order valence-electron chi connectivity index (χ3n) is 3.96. The van der Waals surface area contributed by atoms with Crippen LogP contribution in [0.4, 0.5) is 0 Å². The van der Waals surface area contributed by atoms with Gasteiger partial charge in [-0.15, -0.1) is 24.0 Å². The molecule has 7 heteroatoms. The van der Waals surface area contributed by atoms with Crippen molar-refractivity contribution in [1.82, 2.24) is 20.6 Å². The summed E-state index contributed by atoms with van der Waals surface area (Å²) in [6, 6.07) is 10.4. The van der Waals surface area contributed by atoms with E-state index in [4.69, 9.17) is 4.42 Å². The highest BCUT2D eigenvalue weighted by atomic mass is 127. The molecule has 0 amide bonds. The Hall–Kier alpha value is -2.03. The molecule has 0 unspecified atom stereocenters. The van der Waals surface area contributed by atoms with E-state index in [9.17, 15) is 0 Å². The predicted octanol–water partition coefficient (Wildman–Crippen LogP) is 3.94. The molecule has 6 nitrogen and oxygen atoms in total. The average Bonchev–Trinajstić information content (AvgIpc) is 3.21. The quantitative estimate of drug-likeness (QED) is 0.309. The van der Waals surface area contributed by atoms with Crippen LogP contribution in [0.2, 0.25) is 0 Å². The second-order valence-corrected chi connectivity index (χ2v) is 7.03. The zero-order valence-corrected chi connectivity index (χ0v) is 17.9. The summed E-state index contributed by atoms with van der Waals surface area (Å²) < 4.78 is 5.78. The summed E-state index contributed by atoms with van der Waals surface area (Å²) in [5.74, 6) is 2.23. The summed E-state index contributed by atoms with van der Waals surface area (Å²) >= 11 is 0. The molecular weight excluding hydrogens is 441 g/mol. The average molecular weight is 467 g/mol. The van der Waals surface area contributed by atoms with Crippen molar-refractivity contribution in [2.45, 2.75) is 39.3 Å². The zero-order chi connectivity index (χ0) is 17.9. The predicted molar refractivity (Wildman–Crippen MR) is 116 cm³/mol. The van der Waals surface area contributed by atoms with Crippen molar-refractivity contribution in [2.24, 2.45) is 4.99 Å². The number of guanidine groups is 1. The molecule has 0 aliphatic heterocycles. The second kappa shape index (κ2) is 8.57. The first-order valence-electron chi connectivity index (χ1n) is 8.42. The lowest BCUT2D eigenvalue weighted by Gasteiger charge is -2.13. The zero-order valence-electron chi connectivity index (χ0n) is 15.6. The van der Waals surface area contributed by atoms with Gasteiger partial charge in [-0.3, -0.25) is 4.99 Å². The van der Waals surface area contributed by atoms with Gasteiger partial charge in [0.2, 0.25) is 5.89 Å². The summed E-state index contributed by atoms with van der Waals surface area (Å²) in [6.07, 6.45) is 1.79. The molecule has 140 valence electrons. The first-order chi connectivity index (χ1) is 12.0. The van der Waals surface area contributed by atoms with Crippen LogP contribution in [0.15, 0.2) is 45.9 Å². The number of halogens is 1. The lowest BCUT2D eigenvalue weighted by molar-refractivity contribution is 0.379. The molecule has 0 aliphatic carbocycles. The van der Waals surface area contributed by atoms with Gasteiger partial charge in [0.05, 0.1) is 19.3 Å². The monoisotopic (exact) mass is 467 g/mol. The molecule has 0 fully saturated rings. The molecule has 3 aromatic rings. The van der Waals surface area contributed by atoms with Crippen LogP contribution in [-0.2, 0) is 18.5 Å². The van der Waals surface area contributed by atoms with E-state index >= 15 is 0 Å². The number of hydrogen-bond acceptors (Lipinski definition) is 3. The van der Waals surface area contributed by atoms with Crippen molar-refractivity contribution in [3.8, 4) is 0 Å². The van der Waals surface area contributed by atoms with Crippen LogP contribution >= 0.6 is 24.0 Å². The molecule has 2 heterocycles. The van der Waals surface area contributed by atoms with Crippen molar-refractivity contribution >= 4 is 40.8 Å². The van der Waals surface area contributed by atoms with Crippen LogP contribution in [0.5, 0.6) is 0 Å². The number of H-pyrrole nitrogens is 1. The van der Waals surface area contributed by atoms with Gasteiger partial charge in [-0.2, -0.15) is 0 Å². The number of rotatable bonds is 4. The van der Waals surface area contributed by atoms with Gasteiger partial charge in [0.25, 0.3) is 0 Å². The molecule has 2 aromatic heterocycles. The van der Waals surface area contributed by atoms with Crippen molar-refractivity contribution in [1.29, 1.82) is 0 Å². The van der Waals surface area contributed by atoms with Gasteiger partial charge in [0.15, 0.2) is 5.96 Å². The topological polar surface area (TPSA) is 78.2 Å². The number of aromatic amines is 1. The highest BCUT2D eigenvalue weighted by Gasteiger charge is 2.19. The molecule has 0 radical (unpaired) electrons. The van der Waals surface area contributed by atoms with E-state index in [0.29, 0.717) is 24.9 Å². The standard InChI is InChI=1S/C19H25N5O.HI/c1-19(2,3)16-11-21-17(25-16)12-23-18(20-4)22-10-14-9-13-7-5-6-8-15(13)24-14;/h5-9,11,24H,10,12H2,1-4H3,(H2,20,22,23);1H. The molecule has 0 saturated heterocycles. The number of oxazole rings is 1. The first kappa shape index (κ1) is 20.3. The third-order valence-corrected chi connectivity index (χ3v) is 3.96. The smallest absolute Gasteiger partial charge is 0.213 e. The Morgan fingerprint density at radius 2 is 1.92 bits per heavy atom. The number of benzene rings is 1. The van der Waals surface area contributed by atoms with Gasteiger partial charge >= 0.3 is 0 Å². The highest BCUT2D eigenvalue weighted by Crippen LogP contribution is 2.22. The van der Waals surface area contributed by atoms with Crippen LogP contribution in [0, 0.1) is 0 Å². The lowest BCUT2D eigenvalue weighted by atomic mass is 9.94. The number of aliphatic imine (C=N–C) groups is 1. The van der Waals surface area contributed by atoms with Gasteiger partial charge in [-0.1, -0.05) is 39.0 Å². The maximum Gasteiger partial charge on any atom is 0.213 e. The summed E-state index contributed by atoms with van der Waals surface area (Å²) in [5, 5.41) is 7.72. The Bertz CT molecular complexity index is 842. The van der Waals surface area contributed by atoms with Crippen molar-refractivity contribution in [3.63, 3.8) is 0 Å². The molecule has 0 atom stereocenters. The number of nitrogens with one attached hydrogen (secondary N) is 3. The number of aromatic nitrogens is 2. The Balaban J connectivity index is 0.00000243. The van der Waals surface area contributed by atoms with Gasteiger partial charge < -0.3 is 20.0 Å². The molecule has 0 aliphatic rings. The molecule has 0 saturated carbocycles. The van der Waals surface area contributed by atoms with Gasteiger partial charge in [-0.05, 0) is 17.5 Å². The summed E-state index contributed by atoms with van der Waals surface area (Å²) in [7, 11) is 1.75. The Kier molecular flexibility index (Phi) is 6.69. The number of hydrogen-bond donors (Lipinski definition) is 3. The van der Waals surface area contributed by atoms with E-state index in [1.165, 1.54) is 5.39 Å². The van der Waals surface area contributed by atoms with Gasteiger partial charge in [0.1, 0.15) is 5.76 Å². The van der Waals surface area contributed by atoms with Crippen molar-refractivity contribution in [3.05, 3.63) is 53.9 Å². The highest BCUT2D eigenvalue weighted by molar-refractivity contribution is 14.0. The largest absolute Gasteiger partial charge is 0.443 e. The second-order valence-electron chi connectivity index (χ2n) is 7.03. The minimum absolute atomic E-state index is 0. The van der Waals surface area contributed by atoms with Crippen molar-refractivity contribution in [2.75, 3.05) is 7.05 Å². The minimum atomic E-state index is -0.0409. The maximum absolute atomic E-state index is 5.78. The van der Waals surface area contributed by atoms with E-state index in [0.717, 1.165) is 17.0 Å². The van der Waals surface area contributed by atoms with Crippen LogP contribution in [0.1, 0.15) is 38.1 Å².